The summed E-state index contributed by atoms with van der Waals surface area (Å²) in [5.41, 5.74) is 4.50. The molecule has 0 fully saturated rings. The van der Waals surface area contributed by atoms with Crippen LogP contribution in [0, 0.1) is 5.41 Å². The second kappa shape index (κ2) is 5.49. The largest absolute Gasteiger partial charge is 0.468 e. The molecule has 0 rings (SSSR count). The van der Waals surface area contributed by atoms with E-state index in [1.54, 1.807) is 34.6 Å². The number of carbonyl (C=O) groups excluding carboxylic acids is 2. The molecule has 0 aromatic rings. The van der Waals surface area contributed by atoms with E-state index >= 15 is 0 Å². The van der Waals surface area contributed by atoms with Gasteiger partial charge in [-0.15, -0.1) is 0 Å². The molecule has 0 saturated heterocycles. The second-order valence-corrected chi connectivity index (χ2v) is 5.75. The fraction of sp³-hybridized carbons (Fsp3) is 0.833. The maximum absolute atomic E-state index is 11.7. The molecule has 0 radical (unpaired) electrons. The zero-order chi connectivity index (χ0) is 13.9. The zero-order valence-corrected chi connectivity index (χ0v) is 11.5. The van der Waals surface area contributed by atoms with E-state index < -0.39 is 23.0 Å². The van der Waals surface area contributed by atoms with Gasteiger partial charge in [0.1, 0.15) is 11.6 Å². The first-order chi connectivity index (χ1) is 7.49. The van der Waals surface area contributed by atoms with Crippen LogP contribution in [-0.4, -0.2) is 30.7 Å². The Balaban J connectivity index is 4.54. The van der Waals surface area contributed by atoms with Crippen LogP contribution < -0.4 is 5.73 Å². The van der Waals surface area contributed by atoms with Gasteiger partial charge in [-0.05, 0) is 20.8 Å². The Morgan fingerprint density at radius 1 is 1.18 bits per heavy atom. The first kappa shape index (κ1) is 15.9. The number of ether oxygens (including phenoxy) is 2. The van der Waals surface area contributed by atoms with Crippen LogP contribution in [0.5, 0.6) is 0 Å². The third-order valence-electron chi connectivity index (χ3n) is 2.32. The minimum absolute atomic E-state index is 0.0700. The predicted octanol–water partition coefficient (Wildman–Crippen LogP) is 1.24. The summed E-state index contributed by atoms with van der Waals surface area (Å²) >= 11 is 0. The van der Waals surface area contributed by atoms with Crippen molar-refractivity contribution in [3.05, 3.63) is 0 Å². The Morgan fingerprint density at radius 3 is 2.00 bits per heavy atom. The number of rotatable bonds is 4. The van der Waals surface area contributed by atoms with Crippen LogP contribution >= 0.6 is 0 Å². The highest BCUT2D eigenvalue weighted by Gasteiger charge is 2.36. The highest BCUT2D eigenvalue weighted by atomic mass is 16.6. The molecule has 0 spiro atoms. The Hall–Kier alpha value is -1.10. The van der Waals surface area contributed by atoms with E-state index in [9.17, 15) is 9.59 Å². The van der Waals surface area contributed by atoms with E-state index in [-0.39, 0.29) is 12.4 Å². The van der Waals surface area contributed by atoms with Gasteiger partial charge in [0.25, 0.3) is 0 Å². The van der Waals surface area contributed by atoms with Crippen molar-refractivity contribution in [2.45, 2.75) is 52.7 Å². The molecular weight excluding hydrogens is 222 g/mol. The summed E-state index contributed by atoms with van der Waals surface area (Å²) in [6.45, 7) is 8.84. The molecule has 0 heterocycles. The van der Waals surface area contributed by atoms with Crippen molar-refractivity contribution in [1.82, 2.24) is 0 Å². The first-order valence-electron chi connectivity index (χ1n) is 5.55. The molecule has 17 heavy (non-hydrogen) atoms. The normalized spacial score (nSPS) is 14.1. The van der Waals surface area contributed by atoms with E-state index in [0.29, 0.717) is 0 Å². The maximum Gasteiger partial charge on any atom is 0.323 e. The van der Waals surface area contributed by atoms with Gasteiger partial charge >= 0.3 is 11.9 Å². The number of carbonyl (C=O) groups is 2. The standard InChI is InChI=1S/C12H23NO4/c1-11(2,3)17-8(14)7-12(4,5)9(13)10(15)16-6/h9H,7,13H2,1-6H3/t9-/m0/s1. The summed E-state index contributed by atoms with van der Waals surface area (Å²) in [5, 5.41) is 0. The SMILES string of the molecule is COC(=O)[C@H](N)C(C)(C)CC(=O)OC(C)(C)C. The van der Waals surface area contributed by atoms with Gasteiger partial charge in [0, 0.05) is 5.41 Å². The molecule has 0 aromatic carbocycles. The van der Waals surface area contributed by atoms with Crippen molar-refractivity contribution in [1.29, 1.82) is 0 Å². The lowest BCUT2D eigenvalue weighted by Gasteiger charge is -2.30. The van der Waals surface area contributed by atoms with E-state index in [1.165, 1.54) is 7.11 Å². The lowest BCUT2D eigenvalue weighted by Crippen LogP contribution is -2.46. The Kier molecular flexibility index (Phi) is 5.13. The Morgan fingerprint density at radius 2 is 1.65 bits per heavy atom. The van der Waals surface area contributed by atoms with Gasteiger partial charge in [0.2, 0.25) is 0 Å². The summed E-state index contributed by atoms with van der Waals surface area (Å²) in [6.07, 6.45) is 0.0700. The third-order valence-corrected chi connectivity index (χ3v) is 2.32. The summed E-state index contributed by atoms with van der Waals surface area (Å²) in [5.74, 6) is -0.902. The zero-order valence-electron chi connectivity index (χ0n) is 11.5. The highest BCUT2D eigenvalue weighted by Crippen LogP contribution is 2.26. The molecule has 5 nitrogen and oxygen atoms in total. The molecule has 100 valence electrons. The fourth-order valence-corrected chi connectivity index (χ4v) is 1.31. The lowest BCUT2D eigenvalue weighted by atomic mass is 9.81. The number of nitrogens with two attached hydrogens (primary N) is 1. The van der Waals surface area contributed by atoms with E-state index in [4.69, 9.17) is 10.5 Å². The van der Waals surface area contributed by atoms with Gasteiger partial charge in [0.15, 0.2) is 0 Å². The molecule has 5 heteroatoms. The van der Waals surface area contributed by atoms with Gasteiger partial charge < -0.3 is 15.2 Å². The molecule has 1 atom stereocenters. The van der Waals surface area contributed by atoms with Crippen molar-refractivity contribution in [3.63, 3.8) is 0 Å². The lowest BCUT2D eigenvalue weighted by molar-refractivity contribution is -0.158. The van der Waals surface area contributed by atoms with Crippen LogP contribution in [0.4, 0.5) is 0 Å². The van der Waals surface area contributed by atoms with Crippen LogP contribution in [0.15, 0.2) is 0 Å². The van der Waals surface area contributed by atoms with E-state index in [2.05, 4.69) is 4.74 Å². The molecular formula is C12H23NO4. The smallest absolute Gasteiger partial charge is 0.323 e. The number of hydrogen-bond acceptors (Lipinski definition) is 5. The summed E-state index contributed by atoms with van der Waals surface area (Å²) in [7, 11) is 1.27. The van der Waals surface area contributed by atoms with E-state index in [0.717, 1.165) is 0 Å². The van der Waals surface area contributed by atoms with Gasteiger partial charge in [-0.25, -0.2) is 0 Å². The minimum atomic E-state index is -0.847. The second-order valence-electron chi connectivity index (χ2n) is 5.75. The van der Waals surface area contributed by atoms with Gasteiger partial charge in [-0.1, -0.05) is 13.8 Å². The molecule has 0 bridgehead atoms. The van der Waals surface area contributed by atoms with Crippen LogP contribution in [0.1, 0.15) is 41.0 Å². The minimum Gasteiger partial charge on any atom is -0.468 e. The molecule has 0 aliphatic carbocycles. The quantitative estimate of drug-likeness (QED) is 0.754. The van der Waals surface area contributed by atoms with Crippen LogP contribution in [0.2, 0.25) is 0 Å². The average Bonchev–Trinajstić information content (AvgIpc) is 2.11. The number of hydrogen-bond donors (Lipinski definition) is 1. The topological polar surface area (TPSA) is 78.6 Å². The Bertz CT molecular complexity index is 291. The Labute approximate surface area is 103 Å². The van der Waals surface area contributed by atoms with Crippen molar-refractivity contribution in [2.24, 2.45) is 11.1 Å². The molecule has 0 amide bonds. The molecule has 0 aromatic heterocycles. The molecule has 0 aliphatic rings. The maximum atomic E-state index is 11.7. The molecule has 0 unspecified atom stereocenters. The van der Waals surface area contributed by atoms with Crippen molar-refractivity contribution in [2.75, 3.05) is 7.11 Å². The van der Waals surface area contributed by atoms with E-state index in [1.807, 2.05) is 0 Å². The molecule has 0 saturated carbocycles. The number of methoxy groups -OCH3 is 1. The summed E-state index contributed by atoms with van der Waals surface area (Å²) in [6, 6.07) is -0.847. The van der Waals surface area contributed by atoms with Crippen molar-refractivity contribution in [3.8, 4) is 0 Å². The van der Waals surface area contributed by atoms with Crippen molar-refractivity contribution < 1.29 is 19.1 Å². The fourth-order valence-electron chi connectivity index (χ4n) is 1.31. The van der Waals surface area contributed by atoms with Crippen molar-refractivity contribution >= 4 is 11.9 Å². The highest BCUT2D eigenvalue weighted by molar-refractivity contribution is 5.78. The van der Waals surface area contributed by atoms with Crippen LogP contribution in [-0.2, 0) is 19.1 Å². The number of esters is 2. The van der Waals surface area contributed by atoms with Crippen LogP contribution in [0.25, 0.3) is 0 Å². The average molecular weight is 245 g/mol. The monoisotopic (exact) mass is 245 g/mol. The van der Waals surface area contributed by atoms with Gasteiger partial charge in [-0.2, -0.15) is 0 Å². The molecule has 0 aliphatic heterocycles. The van der Waals surface area contributed by atoms with Crippen LogP contribution in [0.3, 0.4) is 0 Å². The summed E-state index contributed by atoms with van der Waals surface area (Å²) in [4.78, 5) is 23.0. The summed E-state index contributed by atoms with van der Waals surface area (Å²) < 4.78 is 9.76. The predicted molar refractivity (Wildman–Crippen MR) is 64.2 cm³/mol. The third kappa shape index (κ3) is 5.68. The first-order valence-corrected chi connectivity index (χ1v) is 5.55. The molecule has 2 N–H and O–H groups in total. The van der Waals surface area contributed by atoms with Gasteiger partial charge in [-0.3, -0.25) is 9.59 Å². The van der Waals surface area contributed by atoms with Gasteiger partial charge in [0.05, 0.1) is 13.5 Å².